The number of amides is 1. The summed E-state index contributed by atoms with van der Waals surface area (Å²) in [6.07, 6.45) is 1.74. The molecule has 0 spiro atoms. The Morgan fingerprint density at radius 2 is 1.94 bits per heavy atom. The number of piperazine rings is 1. The van der Waals surface area contributed by atoms with E-state index in [-0.39, 0.29) is 11.6 Å². The van der Waals surface area contributed by atoms with Crippen molar-refractivity contribution in [3.05, 3.63) is 66.5 Å². The van der Waals surface area contributed by atoms with Gasteiger partial charge in [0.2, 0.25) is 0 Å². The molecule has 0 saturated carbocycles. The molecule has 2 fully saturated rings. The molecule has 2 saturated heterocycles. The monoisotopic (exact) mass is 563 g/mol. The summed E-state index contributed by atoms with van der Waals surface area (Å²) < 4.78 is 0.767. The molecule has 1 amide bonds. The molecule has 0 unspecified atom stereocenters. The van der Waals surface area contributed by atoms with Crippen molar-refractivity contribution in [2.24, 2.45) is 4.99 Å². The molecule has 0 radical (unpaired) electrons. The predicted octanol–water partition coefficient (Wildman–Crippen LogP) is 5.39. The Hall–Kier alpha value is -2.40. The molecule has 0 N–H and O–H groups in total. The molecule has 34 heavy (non-hydrogen) atoms. The molecule has 2 aliphatic rings. The van der Waals surface area contributed by atoms with Crippen LogP contribution >= 0.6 is 39.3 Å². The van der Waals surface area contributed by atoms with Gasteiger partial charge in [0.25, 0.3) is 11.6 Å². The summed E-state index contributed by atoms with van der Waals surface area (Å²) in [4.78, 5) is 35.4. The maximum atomic E-state index is 13.2. The van der Waals surface area contributed by atoms with Crippen LogP contribution in [0.3, 0.4) is 0 Å². The zero-order valence-electron chi connectivity index (χ0n) is 18.7. The van der Waals surface area contributed by atoms with Gasteiger partial charge in [0, 0.05) is 60.6 Å². The van der Waals surface area contributed by atoms with E-state index >= 15 is 0 Å². The van der Waals surface area contributed by atoms with Gasteiger partial charge in [-0.25, -0.2) is 4.99 Å². The molecule has 2 aromatic carbocycles. The lowest BCUT2D eigenvalue weighted by Crippen LogP contribution is -2.44. The molecule has 0 bridgehead atoms. The number of nitro benzene ring substituents is 1. The topological polar surface area (TPSA) is 82.3 Å². The van der Waals surface area contributed by atoms with Gasteiger partial charge in [-0.3, -0.25) is 19.8 Å². The number of carbonyl (C=O) groups is 1. The Morgan fingerprint density at radius 3 is 2.59 bits per heavy atom. The number of hydrogen-bond acceptors (Lipinski definition) is 7. The minimum absolute atomic E-state index is 0.00841. The van der Waals surface area contributed by atoms with Crippen molar-refractivity contribution in [3.63, 3.8) is 0 Å². The van der Waals surface area contributed by atoms with Crippen LogP contribution in [0.15, 0.2) is 50.8 Å². The Labute approximate surface area is 215 Å². The van der Waals surface area contributed by atoms with Crippen molar-refractivity contribution in [3.8, 4) is 0 Å². The zero-order valence-corrected chi connectivity index (χ0v) is 21.9. The second-order valence-electron chi connectivity index (χ2n) is 7.94. The predicted molar refractivity (Wildman–Crippen MR) is 142 cm³/mol. The second-order valence-corrected chi connectivity index (χ2v) is 10.2. The first-order chi connectivity index (χ1) is 16.3. The number of aliphatic imine (C=N–C) groups is 1. The largest absolute Gasteiger partial charge is 0.368 e. The van der Waals surface area contributed by atoms with Crippen LogP contribution in [0.1, 0.15) is 12.5 Å². The molecule has 0 aromatic heterocycles. The summed E-state index contributed by atoms with van der Waals surface area (Å²) >= 11 is 10.8. The molecular weight excluding hydrogens is 542 g/mol. The van der Waals surface area contributed by atoms with E-state index in [0.717, 1.165) is 36.3 Å². The van der Waals surface area contributed by atoms with Crippen molar-refractivity contribution < 1.29 is 9.72 Å². The van der Waals surface area contributed by atoms with Crippen LogP contribution in [0.5, 0.6) is 0 Å². The number of rotatable bonds is 5. The lowest BCUT2D eigenvalue weighted by molar-refractivity contribution is -0.384. The Morgan fingerprint density at radius 1 is 1.21 bits per heavy atom. The van der Waals surface area contributed by atoms with Crippen molar-refractivity contribution in [1.82, 2.24) is 9.80 Å². The van der Waals surface area contributed by atoms with Crippen LogP contribution in [0.25, 0.3) is 6.08 Å². The first kappa shape index (κ1) is 24.7. The summed E-state index contributed by atoms with van der Waals surface area (Å²) in [5.41, 5.74) is 2.16. The van der Waals surface area contributed by atoms with E-state index in [1.165, 1.54) is 23.9 Å². The van der Waals surface area contributed by atoms with Crippen LogP contribution in [0, 0.1) is 10.1 Å². The van der Waals surface area contributed by atoms with Crippen molar-refractivity contribution >= 4 is 73.5 Å². The van der Waals surface area contributed by atoms with Gasteiger partial charge in [-0.05, 0) is 72.0 Å². The number of non-ortho nitro benzene ring substituents is 1. The van der Waals surface area contributed by atoms with E-state index in [0.29, 0.717) is 32.9 Å². The van der Waals surface area contributed by atoms with E-state index in [1.807, 2.05) is 19.1 Å². The lowest BCUT2D eigenvalue weighted by atomic mass is 10.1. The maximum absolute atomic E-state index is 13.2. The van der Waals surface area contributed by atoms with Gasteiger partial charge in [-0.15, -0.1) is 0 Å². The van der Waals surface area contributed by atoms with Gasteiger partial charge in [0.1, 0.15) is 0 Å². The molecule has 11 heteroatoms. The van der Waals surface area contributed by atoms with Crippen molar-refractivity contribution in [2.75, 3.05) is 44.7 Å². The number of carbonyl (C=O) groups excluding carboxylic acids is 1. The Bertz CT molecular complexity index is 1200. The summed E-state index contributed by atoms with van der Waals surface area (Å²) in [5.74, 6) is -0.176. The molecule has 0 aliphatic carbocycles. The van der Waals surface area contributed by atoms with Gasteiger partial charge < -0.3 is 9.80 Å². The fourth-order valence-electron chi connectivity index (χ4n) is 3.78. The molecule has 178 valence electrons. The van der Waals surface area contributed by atoms with Gasteiger partial charge in [-0.2, -0.15) is 0 Å². The highest BCUT2D eigenvalue weighted by Gasteiger charge is 2.33. The number of halogens is 2. The molecule has 2 aliphatic heterocycles. The minimum atomic E-state index is -0.415. The molecule has 4 rings (SSSR count). The van der Waals surface area contributed by atoms with Crippen molar-refractivity contribution in [2.45, 2.75) is 6.92 Å². The normalized spacial score (nSPS) is 19.5. The molecule has 8 nitrogen and oxygen atoms in total. The summed E-state index contributed by atoms with van der Waals surface area (Å²) in [7, 11) is 2.07. The first-order valence-electron chi connectivity index (χ1n) is 10.7. The van der Waals surface area contributed by atoms with Crippen molar-refractivity contribution in [1.29, 1.82) is 0 Å². The van der Waals surface area contributed by atoms with E-state index in [9.17, 15) is 14.9 Å². The number of nitro groups is 1. The third-order valence-corrected chi connectivity index (χ3v) is 7.92. The highest BCUT2D eigenvalue weighted by atomic mass is 79.9. The van der Waals surface area contributed by atoms with Gasteiger partial charge in [0.15, 0.2) is 5.17 Å². The average Bonchev–Trinajstić information content (AvgIpc) is 3.10. The fourth-order valence-corrected chi connectivity index (χ4v) is 5.26. The van der Waals surface area contributed by atoms with Crippen LogP contribution in [-0.4, -0.2) is 65.6 Å². The fraction of sp³-hybridized carbons (Fsp3) is 0.304. The number of hydrogen-bond donors (Lipinski definition) is 0. The Kier molecular flexibility index (Phi) is 7.61. The van der Waals surface area contributed by atoms with Crippen LogP contribution in [-0.2, 0) is 4.79 Å². The third kappa shape index (κ3) is 5.30. The molecule has 0 atom stereocenters. The third-order valence-electron chi connectivity index (χ3n) is 5.68. The van der Waals surface area contributed by atoms with Crippen LogP contribution < -0.4 is 4.90 Å². The number of likely N-dealkylation sites (N-methyl/N-ethyl adjacent to an activating group) is 2. The zero-order chi connectivity index (χ0) is 24.4. The highest BCUT2D eigenvalue weighted by molar-refractivity contribution is 9.10. The highest BCUT2D eigenvalue weighted by Crippen LogP contribution is 2.37. The standard InChI is InChI=1S/C23H23BrClN5O3S/c1-3-29-22(31)21(34-23(29)26-16-4-6-18(24)19(25)14-16)13-15-12-17(30(32)33)5-7-20(15)28-10-8-27(2)9-11-28/h4-7,12-14H,3,8-11H2,1-2H3/b21-13-,26-23?. The summed E-state index contributed by atoms with van der Waals surface area (Å²) in [5, 5.41) is 12.5. The smallest absolute Gasteiger partial charge is 0.270 e. The van der Waals surface area contributed by atoms with E-state index in [1.54, 1.807) is 23.1 Å². The minimum Gasteiger partial charge on any atom is -0.368 e. The van der Waals surface area contributed by atoms with Crippen LogP contribution in [0.4, 0.5) is 17.1 Å². The SMILES string of the molecule is CCN1C(=O)/C(=C/c2cc([N+](=O)[O-])ccc2N2CCN(C)CC2)SC1=Nc1ccc(Br)c(Cl)c1. The average molecular weight is 565 g/mol. The quantitative estimate of drug-likeness (QED) is 0.275. The van der Waals surface area contributed by atoms with E-state index < -0.39 is 4.92 Å². The first-order valence-corrected chi connectivity index (χ1v) is 12.7. The maximum Gasteiger partial charge on any atom is 0.270 e. The van der Waals surface area contributed by atoms with Crippen LogP contribution in [0.2, 0.25) is 5.02 Å². The van der Waals surface area contributed by atoms with Gasteiger partial charge in [-0.1, -0.05) is 11.6 Å². The lowest BCUT2D eigenvalue weighted by Gasteiger charge is -2.34. The number of anilines is 1. The van der Waals surface area contributed by atoms with E-state index in [2.05, 4.69) is 37.8 Å². The molecular formula is C23H23BrClN5O3S. The number of nitrogens with zero attached hydrogens (tertiary/aromatic N) is 5. The van der Waals surface area contributed by atoms with Gasteiger partial charge in [0.05, 0.1) is 20.5 Å². The number of benzene rings is 2. The van der Waals surface area contributed by atoms with Gasteiger partial charge >= 0.3 is 0 Å². The molecule has 2 aromatic rings. The Balaban J connectivity index is 1.71. The number of amidine groups is 1. The van der Waals surface area contributed by atoms with E-state index in [4.69, 9.17) is 11.6 Å². The summed E-state index contributed by atoms with van der Waals surface area (Å²) in [6.45, 7) is 5.75. The number of thioether (sulfide) groups is 1. The second kappa shape index (κ2) is 10.5. The summed E-state index contributed by atoms with van der Waals surface area (Å²) in [6, 6.07) is 10.2. The molecule has 2 heterocycles.